The summed E-state index contributed by atoms with van der Waals surface area (Å²) in [4.78, 5) is 23.2. The van der Waals surface area contributed by atoms with Crippen LogP contribution in [0.3, 0.4) is 0 Å². The Morgan fingerprint density at radius 3 is 2.11 bits per heavy atom. The molecule has 0 bridgehead atoms. The molecule has 0 radical (unpaired) electrons. The Labute approximate surface area is 110 Å². The van der Waals surface area contributed by atoms with E-state index < -0.39 is 24.0 Å². The summed E-state index contributed by atoms with van der Waals surface area (Å²) in [6.45, 7) is 4.80. The third-order valence-electron chi connectivity index (χ3n) is 2.60. The fourth-order valence-electron chi connectivity index (χ4n) is 1.48. The number of alkyl halides is 3. The maximum atomic E-state index is 12.4. The number of methoxy groups -OCH3 is 1. The van der Waals surface area contributed by atoms with Crippen molar-refractivity contribution in [3.05, 3.63) is 0 Å². The van der Waals surface area contributed by atoms with Crippen LogP contribution < -0.4 is 0 Å². The molecule has 4 nitrogen and oxygen atoms in total. The first-order valence-corrected chi connectivity index (χ1v) is 6.03. The molecule has 0 aromatic carbocycles. The van der Waals surface area contributed by atoms with E-state index in [1.54, 1.807) is 0 Å². The zero-order valence-electron chi connectivity index (χ0n) is 11.6. The lowest BCUT2D eigenvalue weighted by atomic mass is 10.1. The van der Waals surface area contributed by atoms with E-state index in [-0.39, 0.29) is 19.0 Å². The number of esters is 1. The van der Waals surface area contributed by atoms with Gasteiger partial charge in [0.1, 0.15) is 0 Å². The van der Waals surface area contributed by atoms with E-state index in [1.165, 1.54) is 6.92 Å². The number of amides is 1. The average molecular weight is 283 g/mol. The largest absolute Gasteiger partial charge is 0.471 e. The molecule has 0 saturated carbocycles. The standard InChI is InChI=1S/C12H20F3NO3/c1-8(2)5-6-16(11(18)12(13,14)15)7-9(3)10(17)19-4/h8-9H,5-7H2,1-4H3. The summed E-state index contributed by atoms with van der Waals surface area (Å²) in [6, 6.07) is 0. The molecule has 19 heavy (non-hydrogen) atoms. The minimum absolute atomic E-state index is 0.0304. The predicted molar refractivity (Wildman–Crippen MR) is 63.3 cm³/mol. The fraction of sp³-hybridized carbons (Fsp3) is 0.833. The molecule has 112 valence electrons. The second-order valence-corrected chi connectivity index (χ2v) is 4.86. The van der Waals surface area contributed by atoms with Crippen molar-refractivity contribution in [1.82, 2.24) is 4.90 Å². The smallest absolute Gasteiger partial charge is 0.469 e. The van der Waals surface area contributed by atoms with Gasteiger partial charge in [0.15, 0.2) is 0 Å². The second-order valence-electron chi connectivity index (χ2n) is 4.86. The highest BCUT2D eigenvalue weighted by molar-refractivity contribution is 5.82. The number of ether oxygens (including phenoxy) is 1. The van der Waals surface area contributed by atoms with Gasteiger partial charge in [-0.05, 0) is 12.3 Å². The zero-order chi connectivity index (χ0) is 15.2. The molecule has 0 saturated heterocycles. The van der Waals surface area contributed by atoms with E-state index in [4.69, 9.17) is 0 Å². The molecule has 0 fully saturated rings. The Balaban J connectivity index is 4.77. The lowest BCUT2D eigenvalue weighted by molar-refractivity contribution is -0.186. The predicted octanol–water partition coefficient (Wildman–Crippen LogP) is 2.23. The Kier molecular flexibility index (Phi) is 6.86. The van der Waals surface area contributed by atoms with Gasteiger partial charge in [0.05, 0.1) is 13.0 Å². The summed E-state index contributed by atoms with van der Waals surface area (Å²) < 4.78 is 41.8. The van der Waals surface area contributed by atoms with Crippen molar-refractivity contribution >= 4 is 11.9 Å². The first kappa shape index (κ1) is 17.7. The van der Waals surface area contributed by atoms with E-state index in [9.17, 15) is 22.8 Å². The van der Waals surface area contributed by atoms with E-state index in [0.717, 1.165) is 7.11 Å². The van der Waals surface area contributed by atoms with Crippen molar-refractivity contribution in [2.24, 2.45) is 11.8 Å². The second kappa shape index (κ2) is 7.35. The van der Waals surface area contributed by atoms with E-state index in [2.05, 4.69) is 4.74 Å². The van der Waals surface area contributed by atoms with Gasteiger partial charge >= 0.3 is 18.1 Å². The zero-order valence-corrected chi connectivity index (χ0v) is 11.6. The molecule has 0 spiro atoms. The highest BCUT2D eigenvalue weighted by atomic mass is 19.4. The summed E-state index contributed by atoms with van der Waals surface area (Å²) in [6.07, 6.45) is -4.48. The third-order valence-corrected chi connectivity index (χ3v) is 2.60. The Hall–Kier alpha value is -1.27. The van der Waals surface area contributed by atoms with Crippen LogP contribution >= 0.6 is 0 Å². The van der Waals surface area contributed by atoms with E-state index in [0.29, 0.717) is 11.3 Å². The van der Waals surface area contributed by atoms with Crippen LogP contribution in [0.5, 0.6) is 0 Å². The molecule has 0 heterocycles. The molecule has 0 aromatic heterocycles. The van der Waals surface area contributed by atoms with Gasteiger partial charge in [-0.25, -0.2) is 0 Å². The van der Waals surface area contributed by atoms with Crippen LogP contribution in [-0.4, -0.2) is 43.2 Å². The van der Waals surface area contributed by atoms with E-state index in [1.807, 2.05) is 13.8 Å². The van der Waals surface area contributed by atoms with Crippen molar-refractivity contribution in [3.8, 4) is 0 Å². The van der Waals surface area contributed by atoms with Crippen molar-refractivity contribution in [2.45, 2.75) is 33.4 Å². The van der Waals surface area contributed by atoms with Crippen LogP contribution in [0.15, 0.2) is 0 Å². The molecule has 0 rings (SSSR count). The highest BCUT2D eigenvalue weighted by Gasteiger charge is 2.43. The van der Waals surface area contributed by atoms with Crippen LogP contribution in [0.25, 0.3) is 0 Å². The first-order chi connectivity index (χ1) is 8.59. The van der Waals surface area contributed by atoms with Crippen LogP contribution in [0.2, 0.25) is 0 Å². The van der Waals surface area contributed by atoms with Crippen LogP contribution in [0.4, 0.5) is 13.2 Å². The summed E-state index contributed by atoms with van der Waals surface area (Å²) in [7, 11) is 1.16. The Morgan fingerprint density at radius 2 is 1.74 bits per heavy atom. The molecular formula is C12H20F3NO3. The van der Waals surface area contributed by atoms with Gasteiger partial charge in [-0.2, -0.15) is 13.2 Å². The number of carbonyl (C=O) groups excluding carboxylic acids is 2. The normalized spacial score (nSPS) is 13.3. The highest BCUT2D eigenvalue weighted by Crippen LogP contribution is 2.20. The van der Waals surface area contributed by atoms with Crippen molar-refractivity contribution in [1.29, 1.82) is 0 Å². The quantitative estimate of drug-likeness (QED) is 0.702. The number of rotatable bonds is 6. The number of nitrogens with zero attached hydrogens (tertiary/aromatic N) is 1. The van der Waals surface area contributed by atoms with Gasteiger partial charge in [-0.15, -0.1) is 0 Å². The average Bonchev–Trinajstić information content (AvgIpc) is 2.30. The fourth-order valence-corrected chi connectivity index (χ4v) is 1.48. The van der Waals surface area contributed by atoms with Crippen molar-refractivity contribution < 1.29 is 27.5 Å². The monoisotopic (exact) mass is 283 g/mol. The summed E-state index contributed by atoms with van der Waals surface area (Å²) >= 11 is 0. The summed E-state index contributed by atoms with van der Waals surface area (Å²) in [5.74, 6) is -3.17. The number of hydrogen-bond donors (Lipinski definition) is 0. The van der Waals surface area contributed by atoms with Gasteiger partial charge in [-0.3, -0.25) is 9.59 Å². The van der Waals surface area contributed by atoms with Crippen LogP contribution in [0, 0.1) is 11.8 Å². The summed E-state index contributed by atoms with van der Waals surface area (Å²) in [5.41, 5.74) is 0. The molecule has 0 aliphatic rings. The molecule has 0 aliphatic heterocycles. The lowest BCUT2D eigenvalue weighted by Gasteiger charge is -2.26. The molecular weight excluding hydrogens is 263 g/mol. The molecule has 0 aliphatic carbocycles. The van der Waals surface area contributed by atoms with Gasteiger partial charge in [0, 0.05) is 13.1 Å². The first-order valence-electron chi connectivity index (χ1n) is 6.03. The van der Waals surface area contributed by atoms with Gasteiger partial charge in [0.2, 0.25) is 0 Å². The maximum absolute atomic E-state index is 12.4. The molecule has 0 N–H and O–H groups in total. The van der Waals surface area contributed by atoms with E-state index >= 15 is 0 Å². The van der Waals surface area contributed by atoms with Gasteiger partial charge < -0.3 is 9.64 Å². The minimum atomic E-state index is -4.92. The number of hydrogen-bond acceptors (Lipinski definition) is 3. The lowest BCUT2D eigenvalue weighted by Crippen LogP contribution is -2.45. The molecule has 1 unspecified atom stereocenters. The van der Waals surface area contributed by atoms with Crippen molar-refractivity contribution in [2.75, 3.05) is 20.2 Å². The van der Waals surface area contributed by atoms with Crippen LogP contribution in [0.1, 0.15) is 27.2 Å². The molecule has 7 heteroatoms. The topological polar surface area (TPSA) is 46.6 Å². The minimum Gasteiger partial charge on any atom is -0.469 e. The number of carbonyl (C=O) groups is 2. The molecule has 0 aromatic rings. The van der Waals surface area contributed by atoms with Gasteiger partial charge in [0.25, 0.3) is 0 Å². The SMILES string of the molecule is COC(=O)C(C)CN(CCC(C)C)C(=O)C(F)(F)F. The Bertz CT molecular complexity index is 316. The maximum Gasteiger partial charge on any atom is 0.471 e. The van der Waals surface area contributed by atoms with Crippen molar-refractivity contribution in [3.63, 3.8) is 0 Å². The van der Waals surface area contributed by atoms with Crippen LogP contribution in [-0.2, 0) is 14.3 Å². The molecule has 1 amide bonds. The number of halogens is 3. The summed E-state index contributed by atoms with van der Waals surface area (Å²) in [5, 5.41) is 0. The van der Waals surface area contributed by atoms with Gasteiger partial charge in [-0.1, -0.05) is 20.8 Å². The third kappa shape index (κ3) is 6.45. The molecule has 1 atom stereocenters. The Morgan fingerprint density at radius 1 is 1.21 bits per heavy atom.